The van der Waals surface area contributed by atoms with E-state index >= 15 is 0 Å². The minimum atomic E-state index is 0.189. The molecule has 0 aliphatic heterocycles. The molecule has 0 amide bonds. The average molecular weight is 426 g/mol. The van der Waals surface area contributed by atoms with Crippen LogP contribution in [0.4, 0.5) is 5.69 Å². The van der Waals surface area contributed by atoms with Crippen LogP contribution in [-0.4, -0.2) is 5.11 Å². The molecule has 100 valence electrons. The van der Waals surface area contributed by atoms with Gasteiger partial charge in [-0.25, -0.2) is 0 Å². The Balaban J connectivity index is 2.14. The first-order valence-electron chi connectivity index (χ1n) is 5.32. The first-order chi connectivity index (χ1) is 8.95. The number of hydrogen-bond acceptors (Lipinski definition) is 2. The predicted octanol–water partition coefficient (Wildman–Crippen LogP) is 5.84. The molecule has 0 aromatic heterocycles. The van der Waals surface area contributed by atoms with Crippen LogP contribution in [0.3, 0.4) is 0 Å². The van der Waals surface area contributed by atoms with E-state index in [0.29, 0.717) is 25.5 Å². The molecule has 2 aromatic rings. The summed E-state index contributed by atoms with van der Waals surface area (Å²) in [6.45, 7) is 0.591. The third-order valence-corrected chi connectivity index (χ3v) is 4.08. The van der Waals surface area contributed by atoms with Crippen molar-refractivity contribution in [1.82, 2.24) is 0 Å². The van der Waals surface area contributed by atoms with Crippen molar-refractivity contribution in [2.24, 2.45) is 0 Å². The van der Waals surface area contributed by atoms with Crippen molar-refractivity contribution in [1.29, 1.82) is 0 Å². The van der Waals surface area contributed by atoms with Gasteiger partial charge in [0.1, 0.15) is 5.75 Å². The van der Waals surface area contributed by atoms with Gasteiger partial charge in [0.2, 0.25) is 0 Å². The Morgan fingerprint density at radius 3 is 2.00 bits per heavy atom. The Hall–Kier alpha value is -0.420. The fourth-order valence-electron chi connectivity index (χ4n) is 1.58. The quantitative estimate of drug-likeness (QED) is 0.647. The number of phenolic OH excluding ortho intramolecular Hbond substituents is 1. The summed E-state index contributed by atoms with van der Waals surface area (Å²) in [6, 6.07) is 8.98. The molecule has 2 rings (SSSR count). The molecule has 0 radical (unpaired) electrons. The minimum absolute atomic E-state index is 0.189. The Bertz CT molecular complexity index is 576. The van der Waals surface area contributed by atoms with E-state index in [2.05, 4.69) is 37.2 Å². The summed E-state index contributed by atoms with van der Waals surface area (Å²) < 4.78 is 1.28. The van der Waals surface area contributed by atoms with Gasteiger partial charge in [0.25, 0.3) is 0 Å². The Labute approximate surface area is 138 Å². The number of nitrogens with one attached hydrogen (secondary N) is 1. The minimum Gasteiger partial charge on any atom is -0.506 e. The monoisotopic (exact) mass is 423 g/mol. The van der Waals surface area contributed by atoms with Crippen LogP contribution in [0, 0.1) is 0 Å². The van der Waals surface area contributed by atoms with E-state index in [0.717, 1.165) is 11.3 Å². The second-order valence-corrected chi connectivity index (χ2v) is 6.50. The zero-order chi connectivity index (χ0) is 14.0. The molecule has 0 spiro atoms. The normalized spacial score (nSPS) is 10.5. The van der Waals surface area contributed by atoms with E-state index in [9.17, 15) is 5.11 Å². The summed E-state index contributed by atoms with van der Waals surface area (Å²) in [5.41, 5.74) is 1.85. The molecule has 0 heterocycles. The summed E-state index contributed by atoms with van der Waals surface area (Å²) in [5, 5.41) is 14.0. The highest BCUT2D eigenvalue weighted by atomic mass is 79.9. The van der Waals surface area contributed by atoms with Gasteiger partial charge >= 0.3 is 0 Å². The SMILES string of the molecule is Oc1c(Br)cc(CNc2cc(Cl)cc(Cl)c2)cc1Br. The summed E-state index contributed by atoms with van der Waals surface area (Å²) in [6.07, 6.45) is 0. The van der Waals surface area contributed by atoms with Crippen LogP contribution < -0.4 is 5.32 Å². The highest BCUT2D eigenvalue weighted by Crippen LogP contribution is 2.33. The van der Waals surface area contributed by atoms with Crippen LogP contribution in [0.25, 0.3) is 0 Å². The highest BCUT2D eigenvalue weighted by Gasteiger charge is 2.06. The van der Waals surface area contributed by atoms with E-state index in [1.54, 1.807) is 18.2 Å². The maximum atomic E-state index is 9.64. The number of rotatable bonds is 3. The first kappa shape index (κ1) is 15.0. The first-order valence-corrected chi connectivity index (χ1v) is 7.67. The molecule has 0 unspecified atom stereocenters. The molecule has 2 aromatic carbocycles. The molecule has 0 saturated heterocycles. The highest BCUT2D eigenvalue weighted by molar-refractivity contribution is 9.11. The van der Waals surface area contributed by atoms with Crippen LogP contribution >= 0.6 is 55.1 Å². The zero-order valence-electron chi connectivity index (χ0n) is 9.55. The molecule has 0 aliphatic rings. The molecule has 6 heteroatoms. The third kappa shape index (κ3) is 4.02. The van der Waals surface area contributed by atoms with Gasteiger partial charge in [0.15, 0.2) is 0 Å². The number of halogens is 4. The molecule has 0 saturated carbocycles. The number of anilines is 1. The fourth-order valence-corrected chi connectivity index (χ4v) is 3.39. The molecule has 0 bridgehead atoms. The van der Waals surface area contributed by atoms with Gasteiger partial charge in [-0.3, -0.25) is 0 Å². The number of phenols is 1. The lowest BCUT2D eigenvalue weighted by Gasteiger charge is -2.09. The molecular formula is C13H9Br2Cl2NO. The number of aromatic hydroxyl groups is 1. The van der Waals surface area contributed by atoms with Gasteiger partial charge < -0.3 is 10.4 Å². The molecule has 0 atom stereocenters. The molecule has 19 heavy (non-hydrogen) atoms. The topological polar surface area (TPSA) is 32.3 Å². The van der Waals surface area contributed by atoms with Crippen LogP contribution in [0.1, 0.15) is 5.56 Å². The Morgan fingerprint density at radius 1 is 0.947 bits per heavy atom. The largest absolute Gasteiger partial charge is 0.506 e. The summed E-state index contributed by atoms with van der Waals surface area (Å²) in [5.74, 6) is 0.189. The molecule has 0 aliphatic carbocycles. The summed E-state index contributed by atoms with van der Waals surface area (Å²) >= 11 is 18.5. The average Bonchev–Trinajstić information content (AvgIpc) is 2.32. The maximum Gasteiger partial charge on any atom is 0.143 e. The predicted molar refractivity (Wildman–Crippen MR) is 87.3 cm³/mol. The van der Waals surface area contributed by atoms with Crippen molar-refractivity contribution in [3.8, 4) is 5.75 Å². The lowest BCUT2D eigenvalue weighted by atomic mass is 10.2. The summed E-state index contributed by atoms with van der Waals surface area (Å²) in [4.78, 5) is 0. The third-order valence-electron chi connectivity index (χ3n) is 2.44. The van der Waals surface area contributed by atoms with Gasteiger partial charge in [-0.05, 0) is 67.8 Å². The van der Waals surface area contributed by atoms with Crippen molar-refractivity contribution >= 4 is 60.7 Å². The molecular weight excluding hydrogens is 417 g/mol. The van der Waals surface area contributed by atoms with Gasteiger partial charge in [-0.15, -0.1) is 0 Å². The Kier molecular flexibility index (Phi) is 5.01. The standard InChI is InChI=1S/C13H9Br2Cl2NO/c14-11-1-7(2-12(15)13(11)19)6-18-10-4-8(16)3-9(17)5-10/h1-5,18-19H,6H2. The molecule has 2 N–H and O–H groups in total. The second-order valence-electron chi connectivity index (χ2n) is 3.92. The lowest BCUT2D eigenvalue weighted by Crippen LogP contribution is -1.99. The van der Waals surface area contributed by atoms with Gasteiger partial charge in [0, 0.05) is 22.3 Å². The van der Waals surface area contributed by atoms with Crippen LogP contribution in [-0.2, 0) is 6.54 Å². The van der Waals surface area contributed by atoms with Gasteiger partial charge in [0.05, 0.1) is 8.95 Å². The Morgan fingerprint density at radius 2 is 1.47 bits per heavy atom. The smallest absolute Gasteiger partial charge is 0.143 e. The van der Waals surface area contributed by atoms with Gasteiger partial charge in [-0.2, -0.15) is 0 Å². The van der Waals surface area contributed by atoms with Crippen molar-refractivity contribution in [3.05, 3.63) is 54.9 Å². The van der Waals surface area contributed by atoms with E-state index in [4.69, 9.17) is 23.2 Å². The van der Waals surface area contributed by atoms with E-state index in [1.807, 2.05) is 12.1 Å². The zero-order valence-corrected chi connectivity index (χ0v) is 14.2. The maximum absolute atomic E-state index is 9.64. The van der Waals surface area contributed by atoms with E-state index in [1.165, 1.54) is 0 Å². The number of hydrogen-bond donors (Lipinski definition) is 2. The fraction of sp³-hybridized carbons (Fsp3) is 0.0769. The second kappa shape index (κ2) is 6.35. The van der Waals surface area contributed by atoms with Crippen molar-refractivity contribution in [2.45, 2.75) is 6.54 Å². The lowest BCUT2D eigenvalue weighted by molar-refractivity contribution is 0.468. The summed E-state index contributed by atoms with van der Waals surface area (Å²) in [7, 11) is 0. The van der Waals surface area contributed by atoms with E-state index in [-0.39, 0.29) is 5.75 Å². The van der Waals surface area contributed by atoms with Crippen LogP contribution in [0.2, 0.25) is 10.0 Å². The van der Waals surface area contributed by atoms with Crippen molar-refractivity contribution in [3.63, 3.8) is 0 Å². The van der Waals surface area contributed by atoms with Gasteiger partial charge in [-0.1, -0.05) is 23.2 Å². The molecule has 0 fully saturated rings. The van der Waals surface area contributed by atoms with Crippen molar-refractivity contribution < 1.29 is 5.11 Å². The van der Waals surface area contributed by atoms with Crippen LogP contribution in [0.5, 0.6) is 5.75 Å². The molecule has 2 nitrogen and oxygen atoms in total. The van der Waals surface area contributed by atoms with Crippen LogP contribution in [0.15, 0.2) is 39.3 Å². The van der Waals surface area contributed by atoms with E-state index < -0.39 is 0 Å². The van der Waals surface area contributed by atoms with Crippen molar-refractivity contribution in [2.75, 3.05) is 5.32 Å². The number of benzene rings is 2.